The van der Waals surface area contributed by atoms with Gasteiger partial charge in [0.1, 0.15) is 11.5 Å². The van der Waals surface area contributed by atoms with Gasteiger partial charge in [-0.3, -0.25) is 0 Å². The SMILES string of the molecule is CCOc1ccc(OCC)c(C(C)C(C)C(N)=S)c1. The zero-order valence-corrected chi connectivity index (χ0v) is 12.9. The first-order valence-corrected chi connectivity index (χ1v) is 7.10. The van der Waals surface area contributed by atoms with E-state index in [0.29, 0.717) is 18.2 Å². The molecular formula is C15H23NO2S. The van der Waals surface area contributed by atoms with Crippen LogP contribution in [-0.2, 0) is 0 Å². The lowest BCUT2D eigenvalue weighted by Crippen LogP contribution is -2.23. The average molecular weight is 281 g/mol. The summed E-state index contributed by atoms with van der Waals surface area (Å²) in [5.41, 5.74) is 6.85. The summed E-state index contributed by atoms with van der Waals surface area (Å²) in [6.07, 6.45) is 0. The topological polar surface area (TPSA) is 44.5 Å². The first kappa shape index (κ1) is 15.8. The fourth-order valence-corrected chi connectivity index (χ4v) is 2.15. The van der Waals surface area contributed by atoms with Crippen LogP contribution in [0.4, 0.5) is 0 Å². The molecule has 0 spiro atoms. The van der Waals surface area contributed by atoms with E-state index >= 15 is 0 Å². The number of benzene rings is 1. The highest BCUT2D eigenvalue weighted by Gasteiger charge is 2.21. The summed E-state index contributed by atoms with van der Waals surface area (Å²) in [5, 5.41) is 0. The van der Waals surface area contributed by atoms with Gasteiger partial charge in [-0.15, -0.1) is 0 Å². The maximum Gasteiger partial charge on any atom is 0.123 e. The van der Waals surface area contributed by atoms with E-state index in [0.717, 1.165) is 17.1 Å². The second-order valence-electron chi connectivity index (χ2n) is 4.55. The maximum absolute atomic E-state index is 5.75. The van der Waals surface area contributed by atoms with Gasteiger partial charge in [0.2, 0.25) is 0 Å². The van der Waals surface area contributed by atoms with Crippen LogP contribution in [0.1, 0.15) is 39.2 Å². The van der Waals surface area contributed by atoms with Gasteiger partial charge in [0.05, 0.1) is 18.2 Å². The van der Waals surface area contributed by atoms with Gasteiger partial charge in [-0.1, -0.05) is 26.1 Å². The van der Waals surface area contributed by atoms with Gasteiger partial charge in [0, 0.05) is 11.5 Å². The second-order valence-corrected chi connectivity index (χ2v) is 5.02. The van der Waals surface area contributed by atoms with Crippen LogP contribution in [0.15, 0.2) is 18.2 Å². The van der Waals surface area contributed by atoms with E-state index in [1.807, 2.05) is 39.0 Å². The lowest BCUT2D eigenvalue weighted by atomic mass is 9.88. The highest BCUT2D eigenvalue weighted by Crippen LogP contribution is 2.34. The van der Waals surface area contributed by atoms with Crippen LogP contribution in [0.3, 0.4) is 0 Å². The highest BCUT2D eigenvalue weighted by molar-refractivity contribution is 7.80. The van der Waals surface area contributed by atoms with Gasteiger partial charge < -0.3 is 15.2 Å². The van der Waals surface area contributed by atoms with E-state index in [1.165, 1.54) is 0 Å². The minimum atomic E-state index is 0.117. The quantitative estimate of drug-likeness (QED) is 0.777. The Morgan fingerprint density at radius 3 is 2.37 bits per heavy atom. The molecule has 0 aromatic heterocycles. The molecule has 0 radical (unpaired) electrons. The molecule has 0 saturated heterocycles. The van der Waals surface area contributed by atoms with E-state index < -0.39 is 0 Å². The largest absolute Gasteiger partial charge is 0.494 e. The summed E-state index contributed by atoms with van der Waals surface area (Å²) >= 11 is 5.09. The molecule has 1 rings (SSSR count). The van der Waals surface area contributed by atoms with Crippen molar-refractivity contribution in [3.8, 4) is 11.5 Å². The standard InChI is InChI=1S/C15H23NO2S/c1-5-17-12-7-8-14(18-6-2)13(9-12)10(3)11(4)15(16)19/h7-11H,5-6H2,1-4H3,(H2,16,19). The molecule has 2 atom stereocenters. The van der Waals surface area contributed by atoms with Gasteiger partial charge in [0.25, 0.3) is 0 Å². The van der Waals surface area contributed by atoms with Gasteiger partial charge in [-0.05, 0) is 38.0 Å². The van der Waals surface area contributed by atoms with Gasteiger partial charge >= 0.3 is 0 Å². The van der Waals surface area contributed by atoms with Crippen LogP contribution in [0.5, 0.6) is 11.5 Å². The summed E-state index contributed by atoms with van der Waals surface area (Å²) < 4.78 is 11.2. The summed E-state index contributed by atoms with van der Waals surface area (Å²) in [7, 11) is 0. The Kier molecular flexibility index (Phi) is 6.09. The van der Waals surface area contributed by atoms with Gasteiger partial charge in [-0.2, -0.15) is 0 Å². The zero-order valence-electron chi connectivity index (χ0n) is 12.1. The average Bonchev–Trinajstić information content (AvgIpc) is 2.39. The molecule has 0 aliphatic heterocycles. The zero-order chi connectivity index (χ0) is 14.4. The molecule has 0 aliphatic carbocycles. The van der Waals surface area contributed by atoms with Crippen LogP contribution in [0.2, 0.25) is 0 Å². The van der Waals surface area contributed by atoms with Crippen LogP contribution in [0.25, 0.3) is 0 Å². The Hall–Kier alpha value is -1.29. The highest BCUT2D eigenvalue weighted by atomic mass is 32.1. The van der Waals surface area contributed by atoms with Crippen molar-refractivity contribution in [1.82, 2.24) is 0 Å². The fraction of sp³-hybridized carbons (Fsp3) is 0.533. The number of nitrogens with two attached hydrogens (primary N) is 1. The number of hydrogen-bond acceptors (Lipinski definition) is 3. The molecule has 1 aromatic rings. The molecular weight excluding hydrogens is 258 g/mol. The Balaban J connectivity index is 3.11. The molecule has 0 fully saturated rings. The van der Waals surface area contributed by atoms with E-state index in [4.69, 9.17) is 27.4 Å². The van der Waals surface area contributed by atoms with Crippen molar-refractivity contribution < 1.29 is 9.47 Å². The number of thiocarbonyl (C=S) groups is 1. The lowest BCUT2D eigenvalue weighted by molar-refractivity contribution is 0.324. The third kappa shape index (κ3) is 4.10. The van der Waals surface area contributed by atoms with Crippen LogP contribution < -0.4 is 15.2 Å². The smallest absolute Gasteiger partial charge is 0.123 e. The van der Waals surface area contributed by atoms with Crippen molar-refractivity contribution in [1.29, 1.82) is 0 Å². The molecule has 0 saturated carbocycles. The van der Waals surface area contributed by atoms with Crippen molar-refractivity contribution in [2.45, 2.75) is 33.6 Å². The van der Waals surface area contributed by atoms with Crippen molar-refractivity contribution in [2.24, 2.45) is 11.7 Å². The Labute approximate surface area is 121 Å². The third-order valence-electron chi connectivity index (χ3n) is 3.28. The maximum atomic E-state index is 5.75. The molecule has 4 heteroatoms. The molecule has 0 amide bonds. The summed E-state index contributed by atoms with van der Waals surface area (Å²) in [4.78, 5) is 0.525. The fourth-order valence-electron chi connectivity index (χ4n) is 1.94. The van der Waals surface area contributed by atoms with Crippen LogP contribution >= 0.6 is 12.2 Å². The number of ether oxygens (including phenoxy) is 2. The van der Waals surface area contributed by atoms with Gasteiger partial charge in [0.15, 0.2) is 0 Å². The van der Waals surface area contributed by atoms with E-state index in [2.05, 4.69) is 6.92 Å². The van der Waals surface area contributed by atoms with Crippen molar-refractivity contribution in [3.63, 3.8) is 0 Å². The first-order valence-electron chi connectivity index (χ1n) is 6.70. The summed E-state index contributed by atoms with van der Waals surface area (Å²) in [6, 6.07) is 5.90. The Morgan fingerprint density at radius 1 is 1.21 bits per heavy atom. The van der Waals surface area contributed by atoms with Crippen LogP contribution in [-0.4, -0.2) is 18.2 Å². The normalized spacial score (nSPS) is 13.7. The van der Waals surface area contributed by atoms with E-state index in [-0.39, 0.29) is 11.8 Å². The monoisotopic (exact) mass is 281 g/mol. The molecule has 19 heavy (non-hydrogen) atoms. The lowest BCUT2D eigenvalue weighted by Gasteiger charge is -2.22. The molecule has 0 aliphatic rings. The molecule has 1 aromatic carbocycles. The minimum absolute atomic E-state index is 0.117. The first-order chi connectivity index (χ1) is 9.01. The molecule has 3 nitrogen and oxygen atoms in total. The third-order valence-corrected chi connectivity index (χ3v) is 3.65. The minimum Gasteiger partial charge on any atom is -0.494 e. The molecule has 2 N–H and O–H groups in total. The van der Waals surface area contributed by atoms with E-state index in [1.54, 1.807) is 0 Å². The van der Waals surface area contributed by atoms with Crippen molar-refractivity contribution >= 4 is 17.2 Å². The van der Waals surface area contributed by atoms with Crippen molar-refractivity contribution in [2.75, 3.05) is 13.2 Å². The molecule has 106 valence electrons. The number of hydrogen-bond donors (Lipinski definition) is 1. The molecule has 0 bridgehead atoms. The van der Waals surface area contributed by atoms with Crippen molar-refractivity contribution in [3.05, 3.63) is 23.8 Å². The molecule has 0 heterocycles. The predicted molar refractivity (Wildman–Crippen MR) is 83.1 cm³/mol. The predicted octanol–water partition coefficient (Wildman–Crippen LogP) is 3.51. The summed E-state index contributed by atoms with van der Waals surface area (Å²) in [6.45, 7) is 9.37. The van der Waals surface area contributed by atoms with E-state index in [9.17, 15) is 0 Å². The van der Waals surface area contributed by atoms with Crippen LogP contribution in [0, 0.1) is 5.92 Å². The second kappa shape index (κ2) is 7.34. The molecule has 2 unspecified atom stereocenters. The number of rotatable bonds is 7. The Bertz CT molecular complexity index is 434. The Morgan fingerprint density at radius 2 is 1.84 bits per heavy atom. The van der Waals surface area contributed by atoms with Gasteiger partial charge in [-0.25, -0.2) is 0 Å². The summed E-state index contributed by atoms with van der Waals surface area (Å²) in [5.74, 6) is 2.04.